The lowest BCUT2D eigenvalue weighted by atomic mass is 10.0. The summed E-state index contributed by atoms with van der Waals surface area (Å²) in [4.78, 5) is 22.9. The Balaban J connectivity index is 2.54. The van der Waals surface area contributed by atoms with E-state index >= 15 is 0 Å². The molecule has 0 bridgehead atoms. The Morgan fingerprint density at radius 2 is 1.65 bits per heavy atom. The van der Waals surface area contributed by atoms with E-state index in [9.17, 15) is 9.59 Å². The summed E-state index contributed by atoms with van der Waals surface area (Å²) in [5.41, 5.74) is 6.47. The highest BCUT2D eigenvalue weighted by Gasteiger charge is 2.16. The van der Waals surface area contributed by atoms with Crippen molar-refractivity contribution in [2.24, 2.45) is 5.73 Å². The number of amides is 2. The number of nitrogens with one attached hydrogen (secondary N) is 2. The highest BCUT2D eigenvalue weighted by Crippen LogP contribution is 2.15. The molecule has 1 rings (SSSR count). The van der Waals surface area contributed by atoms with Crippen LogP contribution in [0.25, 0.3) is 0 Å². The Kier molecular flexibility index (Phi) is 5.52. The van der Waals surface area contributed by atoms with Gasteiger partial charge in [0.1, 0.15) is 0 Å². The van der Waals surface area contributed by atoms with E-state index in [2.05, 4.69) is 10.6 Å². The maximum absolute atomic E-state index is 11.7. The molecular formula is C14H21N3O3. The fourth-order valence-electron chi connectivity index (χ4n) is 1.54. The van der Waals surface area contributed by atoms with Gasteiger partial charge < -0.3 is 15.8 Å². The predicted molar refractivity (Wildman–Crippen MR) is 78.6 cm³/mol. The Labute approximate surface area is 118 Å². The number of ether oxygens (including phenoxy) is 1. The van der Waals surface area contributed by atoms with Crippen LogP contribution in [0.2, 0.25) is 0 Å². The highest BCUT2D eigenvalue weighted by molar-refractivity contribution is 5.92. The van der Waals surface area contributed by atoms with Crippen LogP contribution in [0.15, 0.2) is 24.3 Å². The van der Waals surface area contributed by atoms with E-state index in [0.29, 0.717) is 18.0 Å². The first-order valence-electron chi connectivity index (χ1n) is 6.43. The monoisotopic (exact) mass is 279 g/mol. The van der Waals surface area contributed by atoms with Gasteiger partial charge in [-0.3, -0.25) is 10.1 Å². The molecule has 0 saturated heterocycles. The summed E-state index contributed by atoms with van der Waals surface area (Å²) in [5.74, 6) is -0.149. The van der Waals surface area contributed by atoms with Crippen molar-refractivity contribution in [2.45, 2.75) is 32.7 Å². The SMILES string of the molecule is CCOC(=O)Nc1ccc(NC(=O)CC(C)(C)N)cc1. The molecule has 4 N–H and O–H groups in total. The second-order valence-corrected chi connectivity index (χ2v) is 5.14. The summed E-state index contributed by atoms with van der Waals surface area (Å²) in [7, 11) is 0. The van der Waals surface area contributed by atoms with Gasteiger partial charge in [-0.05, 0) is 45.0 Å². The molecule has 110 valence electrons. The van der Waals surface area contributed by atoms with Crippen molar-refractivity contribution in [3.8, 4) is 0 Å². The zero-order valence-electron chi connectivity index (χ0n) is 12.0. The molecule has 0 saturated carbocycles. The molecular weight excluding hydrogens is 258 g/mol. The molecule has 0 fully saturated rings. The largest absolute Gasteiger partial charge is 0.450 e. The van der Waals surface area contributed by atoms with E-state index in [1.54, 1.807) is 45.0 Å². The van der Waals surface area contributed by atoms with Gasteiger partial charge in [-0.1, -0.05) is 0 Å². The van der Waals surface area contributed by atoms with E-state index < -0.39 is 11.6 Å². The number of carbonyl (C=O) groups excluding carboxylic acids is 2. The first kappa shape index (κ1) is 16.0. The van der Waals surface area contributed by atoms with E-state index in [4.69, 9.17) is 10.5 Å². The van der Waals surface area contributed by atoms with Crippen LogP contribution < -0.4 is 16.4 Å². The molecule has 0 unspecified atom stereocenters. The van der Waals surface area contributed by atoms with E-state index in [1.165, 1.54) is 0 Å². The first-order chi connectivity index (χ1) is 9.30. The molecule has 2 amide bonds. The normalized spacial score (nSPS) is 10.8. The third kappa shape index (κ3) is 6.19. The predicted octanol–water partition coefficient (Wildman–Crippen LogP) is 2.32. The van der Waals surface area contributed by atoms with E-state index in [-0.39, 0.29) is 12.3 Å². The number of hydrogen-bond acceptors (Lipinski definition) is 4. The second-order valence-electron chi connectivity index (χ2n) is 5.14. The summed E-state index contributed by atoms with van der Waals surface area (Å²) in [5, 5.41) is 5.31. The standard InChI is InChI=1S/C14H21N3O3/c1-4-20-13(19)17-11-7-5-10(6-8-11)16-12(18)9-14(2,3)15/h5-8H,4,9,15H2,1-3H3,(H,16,18)(H,17,19). The minimum Gasteiger partial charge on any atom is -0.450 e. The van der Waals surface area contributed by atoms with Crippen LogP contribution in [-0.2, 0) is 9.53 Å². The minimum atomic E-state index is -0.546. The number of anilines is 2. The second kappa shape index (κ2) is 6.91. The maximum Gasteiger partial charge on any atom is 0.411 e. The van der Waals surface area contributed by atoms with Crippen molar-refractivity contribution in [2.75, 3.05) is 17.2 Å². The van der Waals surface area contributed by atoms with Crippen LogP contribution >= 0.6 is 0 Å². The number of rotatable bonds is 5. The third-order valence-electron chi connectivity index (χ3n) is 2.31. The molecule has 1 aromatic rings. The summed E-state index contributed by atoms with van der Waals surface area (Å²) in [6, 6.07) is 6.76. The lowest BCUT2D eigenvalue weighted by Gasteiger charge is -2.17. The Hall–Kier alpha value is -2.08. The molecule has 0 heterocycles. The van der Waals surface area contributed by atoms with Crippen LogP contribution in [-0.4, -0.2) is 24.1 Å². The van der Waals surface area contributed by atoms with Gasteiger partial charge in [0.15, 0.2) is 0 Å². The molecule has 0 atom stereocenters. The Bertz CT molecular complexity index is 464. The zero-order valence-corrected chi connectivity index (χ0v) is 12.0. The lowest BCUT2D eigenvalue weighted by molar-refractivity contribution is -0.117. The van der Waals surface area contributed by atoms with Crippen molar-refractivity contribution in [3.05, 3.63) is 24.3 Å². The van der Waals surface area contributed by atoms with Crippen LogP contribution in [0.5, 0.6) is 0 Å². The number of benzene rings is 1. The van der Waals surface area contributed by atoms with Gasteiger partial charge in [0.25, 0.3) is 0 Å². The summed E-state index contributed by atoms with van der Waals surface area (Å²) >= 11 is 0. The third-order valence-corrected chi connectivity index (χ3v) is 2.31. The molecule has 0 aromatic heterocycles. The van der Waals surface area contributed by atoms with Gasteiger partial charge in [-0.2, -0.15) is 0 Å². The molecule has 1 aromatic carbocycles. The number of nitrogens with two attached hydrogens (primary N) is 1. The smallest absolute Gasteiger partial charge is 0.411 e. The zero-order chi connectivity index (χ0) is 15.2. The molecule has 0 radical (unpaired) electrons. The lowest BCUT2D eigenvalue weighted by Crippen LogP contribution is -2.36. The van der Waals surface area contributed by atoms with Crippen LogP contribution in [0, 0.1) is 0 Å². The van der Waals surface area contributed by atoms with Crippen molar-refractivity contribution < 1.29 is 14.3 Å². The molecule has 6 nitrogen and oxygen atoms in total. The fraction of sp³-hybridized carbons (Fsp3) is 0.429. The van der Waals surface area contributed by atoms with E-state index in [1.807, 2.05) is 0 Å². The van der Waals surface area contributed by atoms with Crippen LogP contribution in [0.4, 0.5) is 16.2 Å². The van der Waals surface area contributed by atoms with Crippen LogP contribution in [0.1, 0.15) is 27.2 Å². The summed E-state index contributed by atoms with van der Waals surface area (Å²) < 4.78 is 4.76. The molecule has 0 aliphatic rings. The molecule has 0 aliphatic carbocycles. The van der Waals surface area contributed by atoms with Crippen molar-refractivity contribution in [1.82, 2.24) is 0 Å². The summed E-state index contributed by atoms with van der Waals surface area (Å²) in [6.45, 7) is 5.63. The summed E-state index contributed by atoms with van der Waals surface area (Å²) in [6.07, 6.45) is -0.273. The highest BCUT2D eigenvalue weighted by atomic mass is 16.5. The van der Waals surface area contributed by atoms with Gasteiger partial charge >= 0.3 is 6.09 Å². The maximum atomic E-state index is 11.7. The quantitative estimate of drug-likeness (QED) is 0.771. The van der Waals surface area contributed by atoms with Gasteiger partial charge in [-0.15, -0.1) is 0 Å². The minimum absolute atomic E-state index is 0.149. The van der Waals surface area contributed by atoms with Crippen molar-refractivity contribution >= 4 is 23.4 Å². The Morgan fingerprint density at radius 3 is 2.10 bits per heavy atom. The molecule has 6 heteroatoms. The number of hydrogen-bond donors (Lipinski definition) is 3. The fourth-order valence-corrected chi connectivity index (χ4v) is 1.54. The number of carbonyl (C=O) groups is 2. The Morgan fingerprint density at radius 1 is 1.15 bits per heavy atom. The molecule has 0 spiro atoms. The van der Waals surface area contributed by atoms with Gasteiger partial charge in [0.05, 0.1) is 6.61 Å². The average molecular weight is 279 g/mol. The average Bonchev–Trinajstić information content (AvgIpc) is 2.29. The first-order valence-corrected chi connectivity index (χ1v) is 6.43. The van der Waals surface area contributed by atoms with Crippen LogP contribution in [0.3, 0.4) is 0 Å². The van der Waals surface area contributed by atoms with Gasteiger partial charge in [0.2, 0.25) is 5.91 Å². The van der Waals surface area contributed by atoms with Crippen molar-refractivity contribution in [3.63, 3.8) is 0 Å². The van der Waals surface area contributed by atoms with Gasteiger partial charge in [0, 0.05) is 23.3 Å². The van der Waals surface area contributed by atoms with E-state index in [0.717, 1.165) is 0 Å². The van der Waals surface area contributed by atoms with Crippen molar-refractivity contribution in [1.29, 1.82) is 0 Å². The molecule has 20 heavy (non-hydrogen) atoms. The topological polar surface area (TPSA) is 93.5 Å². The molecule has 0 aliphatic heterocycles. The van der Waals surface area contributed by atoms with Gasteiger partial charge in [-0.25, -0.2) is 4.79 Å².